The Balaban J connectivity index is 4.92. The van der Waals surface area contributed by atoms with E-state index < -0.39 is 15.5 Å². The van der Waals surface area contributed by atoms with Crippen molar-refractivity contribution in [2.75, 3.05) is 0 Å². The van der Waals surface area contributed by atoms with Gasteiger partial charge in [-0.1, -0.05) is 34.8 Å². The number of rotatable bonds is 3. The third-order valence-electron chi connectivity index (χ3n) is 1.25. The molecule has 0 saturated carbocycles. The molecule has 0 aliphatic heterocycles. The van der Waals surface area contributed by atoms with Gasteiger partial charge >= 0.3 is 5.97 Å². The van der Waals surface area contributed by atoms with Gasteiger partial charge in [-0.2, -0.15) is 0 Å². The van der Waals surface area contributed by atoms with E-state index in [0.717, 1.165) is 6.08 Å². The van der Waals surface area contributed by atoms with E-state index in [1.165, 1.54) is 6.92 Å². The predicted octanol–water partition coefficient (Wildman–Crippen LogP) is 2.82. The van der Waals surface area contributed by atoms with Gasteiger partial charge in [0.05, 0.1) is 6.10 Å². The molecule has 86 valence electrons. The van der Waals surface area contributed by atoms with E-state index in [4.69, 9.17) is 39.5 Å². The summed E-state index contributed by atoms with van der Waals surface area (Å²) in [7, 11) is 0. The number of hydrogen-bond acceptors (Lipinski definition) is 3. The van der Waals surface area contributed by atoms with Crippen molar-refractivity contribution < 1.29 is 14.3 Å². The highest BCUT2D eigenvalue weighted by molar-refractivity contribution is 6.69. The monoisotopic (exact) mass is 272 g/mol. The molecule has 15 heavy (non-hydrogen) atoms. The summed E-state index contributed by atoms with van der Waals surface area (Å²) in [5, 5.41) is 0. The molecule has 0 N–H and O–H groups in total. The van der Waals surface area contributed by atoms with E-state index in [1.54, 1.807) is 13.8 Å². The third-order valence-corrected chi connectivity index (χ3v) is 1.58. The van der Waals surface area contributed by atoms with Crippen LogP contribution >= 0.6 is 34.8 Å². The first-order valence-electron chi connectivity index (χ1n) is 4.15. The maximum Gasteiger partial charge on any atom is 0.341 e. The average Bonchev–Trinajstić information content (AvgIpc) is 1.96. The summed E-state index contributed by atoms with van der Waals surface area (Å²) in [6.45, 7) is 4.51. The Kier molecular flexibility index (Phi) is 5.63. The third kappa shape index (κ3) is 6.77. The molecule has 0 aromatic carbocycles. The fraction of sp³-hybridized carbons (Fsp3) is 0.556. The van der Waals surface area contributed by atoms with Crippen molar-refractivity contribution in [3.63, 3.8) is 0 Å². The summed E-state index contributed by atoms with van der Waals surface area (Å²) >= 11 is 16.3. The second kappa shape index (κ2) is 5.73. The zero-order valence-corrected chi connectivity index (χ0v) is 10.8. The molecule has 0 unspecified atom stereocenters. The van der Waals surface area contributed by atoms with Gasteiger partial charge in [0.15, 0.2) is 5.78 Å². The summed E-state index contributed by atoms with van der Waals surface area (Å²) in [6, 6.07) is 0. The summed E-state index contributed by atoms with van der Waals surface area (Å²) in [4.78, 5) is 22.5. The molecule has 0 saturated heterocycles. The van der Waals surface area contributed by atoms with E-state index in [9.17, 15) is 9.59 Å². The summed E-state index contributed by atoms with van der Waals surface area (Å²) in [5.74, 6) is -1.30. The van der Waals surface area contributed by atoms with Crippen LogP contribution in [0, 0.1) is 0 Å². The van der Waals surface area contributed by atoms with Crippen LogP contribution in [-0.2, 0) is 14.3 Å². The average molecular weight is 274 g/mol. The van der Waals surface area contributed by atoms with Crippen molar-refractivity contribution in [3.8, 4) is 0 Å². The van der Waals surface area contributed by atoms with Crippen LogP contribution in [0.5, 0.6) is 0 Å². The summed E-state index contributed by atoms with van der Waals surface area (Å²) < 4.78 is 3.02. The fourth-order valence-corrected chi connectivity index (χ4v) is 1.07. The van der Waals surface area contributed by atoms with Crippen LogP contribution in [0.2, 0.25) is 0 Å². The molecule has 0 aliphatic rings. The fourth-order valence-electron chi connectivity index (χ4n) is 0.746. The number of carbonyl (C=O) groups excluding carboxylic acids is 2. The van der Waals surface area contributed by atoms with Crippen LogP contribution in [0.25, 0.3) is 0 Å². The number of esters is 1. The van der Waals surface area contributed by atoms with Crippen molar-refractivity contribution in [2.45, 2.75) is 30.7 Å². The maximum absolute atomic E-state index is 11.4. The lowest BCUT2D eigenvalue weighted by Crippen LogP contribution is -2.19. The van der Waals surface area contributed by atoms with Gasteiger partial charge in [0.25, 0.3) is 0 Å². The molecular formula is C9H11Cl3O3. The first-order chi connectivity index (χ1) is 6.63. The Morgan fingerprint density at radius 1 is 1.27 bits per heavy atom. The van der Waals surface area contributed by atoms with Crippen molar-refractivity contribution in [2.24, 2.45) is 0 Å². The van der Waals surface area contributed by atoms with Gasteiger partial charge < -0.3 is 4.74 Å². The van der Waals surface area contributed by atoms with Gasteiger partial charge in [0.2, 0.25) is 3.79 Å². The Morgan fingerprint density at radius 3 is 2.00 bits per heavy atom. The molecular weight excluding hydrogens is 262 g/mol. The molecule has 0 amide bonds. The Labute approximate surface area is 103 Å². The molecule has 6 heteroatoms. The molecule has 0 heterocycles. The van der Waals surface area contributed by atoms with Crippen LogP contribution in [0.15, 0.2) is 11.6 Å². The van der Waals surface area contributed by atoms with Gasteiger partial charge in [-0.15, -0.1) is 0 Å². The molecule has 0 radical (unpaired) electrons. The smallest absolute Gasteiger partial charge is 0.341 e. The molecule has 3 nitrogen and oxygen atoms in total. The summed E-state index contributed by atoms with van der Waals surface area (Å²) in [5.41, 5.74) is -0.260. The van der Waals surface area contributed by atoms with Crippen LogP contribution in [0.3, 0.4) is 0 Å². The van der Waals surface area contributed by atoms with Crippen molar-refractivity contribution in [1.82, 2.24) is 0 Å². The minimum absolute atomic E-state index is 0.260. The van der Waals surface area contributed by atoms with E-state index in [1.807, 2.05) is 0 Å². The topological polar surface area (TPSA) is 43.4 Å². The van der Waals surface area contributed by atoms with Crippen LogP contribution in [0.4, 0.5) is 0 Å². The number of halogens is 3. The lowest BCUT2D eigenvalue weighted by Gasteiger charge is -2.11. The van der Waals surface area contributed by atoms with E-state index >= 15 is 0 Å². The van der Waals surface area contributed by atoms with Crippen molar-refractivity contribution in [1.29, 1.82) is 0 Å². The van der Waals surface area contributed by atoms with Gasteiger partial charge in [0, 0.05) is 0 Å². The van der Waals surface area contributed by atoms with Gasteiger partial charge in [-0.3, -0.25) is 4.79 Å². The van der Waals surface area contributed by atoms with Crippen molar-refractivity contribution in [3.05, 3.63) is 11.6 Å². The van der Waals surface area contributed by atoms with E-state index in [-0.39, 0.29) is 11.7 Å². The number of allylic oxidation sites excluding steroid dienone is 1. The molecule has 0 bridgehead atoms. The largest absolute Gasteiger partial charge is 0.459 e. The molecule has 0 aromatic rings. The highest BCUT2D eigenvalue weighted by Crippen LogP contribution is 2.29. The van der Waals surface area contributed by atoms with Crippen LogP contribution in [0.1, 0.15) is 20.8 Å². The highest BCUT2D eigenvalue weighted by Gasteiger charge is 2.24. The molecule has 0 aliphatic carbocycles. The number of carbonyl (C=O) groups is 2. The standard InChI is InChI=1S/C9H11Cl3O3/c1-5(2)15-8(14)7(6(3)13)4-9(10,11)12/h4-5H,1-3H3. The van der Waals surface area contributed by atoms with Crippen LogP contribution in [-0.4, -0.2) is 21.6 Å². The van der Waals surface area contributed by atoms with Gasteiger partial charge in [-0.05, 0) is 26.8 Å². The minimum atomic E-state index is -1.79. The van der Waals surface area contributed by atoms with Crippen LogP contribution < -0.4 is 0 Å². The number of alkyl halides is 3. The SMILES string of the molecule is CC(=O)C(=CC(Cl)(Cl)Cl)C(=O)OC(C)C. The van der Waals surface area contributed by atoms with E-state index in [0.29, 0.717) is 0 Å². The zero-order chi connectivity index (χ0) is 12.2. The Morgan fingerprint density at radius 2 is 1.73 bits per heavy atom. The Bertz CT molecular complexity index is 289. The van der Waals surface area contributed by atoms with E-state index in [2.05, 4.69) is 0 Å². The van der Waals surface area contributed by atoms with Crippen molar-refractivity contribution >= 4 is 46.6 Å². The molecule has 0 aromatic heterocycles. The second-order valence-electron chi connectivity index (χ2n) is 3.11. The summed E-state index contributed by atoms with van der Waals surface area (Å²) in [6.07, 6.45) is 0.612. The molecule has 0 fully saturated rings. The minimum Gasteiger partial charge on any atom is -0.459 e. The molecule has 0 atom stereocenters. The first kappa shape index (κ1) is 14.8. The molecule has 0 rings (SSSR count). The normalized spacial score (nSPS) is 12.9. The number of ether oxygens (including phenoxy) is 1. The maximum atomic E-state index is 11.4. The number of Topliss-reactive ketones (excluding diaryl/α,β-unsaturated/α-hetero) is 1. The first-order valence-corrected chi connectivity index (χ1v) is 5.28. The number of ketones is 1. The van der Waals surface area contributed by atoms with Gasteiger partial charge in [-0.25, -0.2) is 4.79 Å². The number of hydrogen-bond donors (Lipinski definition) is 0. The lowest BCUT2D eigenvalue weighted by atomic mass is 10.2. The Hall–Kier alpha value is -0.250. The quantitative estimate of drug-likeness (QED) is 0.261. The molecule has 0 spiro atoms. The predicted molar refractivity (Wildman–Crippen MR) is 60.3 cm³/mol. The van der Waals surface area contributed by atoms with Gasteiger partial charge in [0.1, 0.15) is 5.57 Å². The lowest BCUT2D eigenvalue weighted by molar-refractivity contribution is -0.143. The zero-order valence-electron chi connectivity index (χ0n) is 8.51. The highest BCUT2D eigenvalue weighted by atomic mass is 35.6. The second-order valence-corrected chi connectivity index (χ2v) is 5.48.